The second-order valence-electron chi connectivity index (χ2n) is 1.55. The van der Waals surface area contributed by atoms with Crippen molar-refractivity contribution < 1.29 is 4.79 Å². The third kappa shape index (κ3) is 6.69. The highest BCUT2D eigenvalue weighted by Gasteiger charge is 1.55. The molecule has 1 N–H and O–H groups in total. The molecule has 0 radical (unpaired) electrons. The average Bonchev–Trinajstić information content (AvgIpc) is 2.44. The van der Waals surface area contributed by atoms with Gasteiger partial charge in [0.1, 0.15) is 6.29 Å². The molecule has 0 spiro atoms. The van der Waals surface area contributed by atoms with Crippen LogP contribution in [0.1, 0.15) is 6.92 Å². The van der Waals surface area contributed by atoms with Crippen molar-refractivity contribution in [3.05, 3.63) is 36.7 Å². The van der Waals surface area contributed by atoms with Crippen molar-refractivity contribution in [2.75, 3.05) is 0 Å². The molecule has 2 nitrogen and oxygen atoms in total. The molecule has 1 heterocycles. The SMILES string of the molecule is C/C=C/C=O.c1cc[nH]c1. The molecule has 0 amide bonds. The van der Waals surface area contributed by atoms with Gasteiger partial charge < -0.3 is 4.98 Å². The van der Waals surface area contributed by atoms with Crippen molar-refractivity contribution >= 4 is 6.29 Å². The lowest BCUT2D eigenvalue weighted by molar-refractivity contribution is -0.104. The minimum absolute atomic E-state index is 0.750. The van der Waals surface area contributed by atoms with Gasteiger partial charge in [-0.2, -0.15) is 0 Å². The van der Waals surface area contributed by atoms with E-state index in [1.54, 1.807) is 13.0 Å². The Labute approximate surface area is 60.6 Å². The van der Waals surface area contributed by atoms with Gasteiger partial charge in [-0.15, -0.1) is 0 Å². The van der Waals surface area contributed by atoms with E-state index in [1.807, 2.05) is 24.5 Å². The fourth-order valence-corrected chi connectivity index (χ4v) is 0.356. The zero-order chi connectivity index (χ0) is 7.66. The summed E-state index contributed by atoms with van der Waals surface area (Å²) >= 11 is 0. The minimum atomic E-state index is 0.750. The van der Waals surface area contributed by atoms with Gasteiger partial charge in [0.2, 0.25) is 0 Å². The fourth-order valence-electron chi connectivity index (χ4n) is 0.356. The molecule has 0 aliphatic heterocycles. The Morgan fingerprint density at radius 2 is 1.90 bits per heavy atom. The lowest BCUT2D eigenvalue weighted by atomic mass is 10.6. The number of carbonyl (C=O) groups excluding carboxylic acids is 1. The molecular formula is C8H11NO. The second-order valence-corrected chi connectivity index (χ2v) is 1.55. The molecule has 10 heavy (non-hydrogen) atoms. The van der Waals surface area contributed by atoms with Crippen LogP contribution in [0.4, 0.5) is 0 Å². The monoisotopic (exact) mass is 137 g/mol. The Balaban J connectivity index is 0.000000162. The van der Waals surface area contributed by atoms with E-state index in [0.29, 0.717) is 0 Å². The standard InChI is InChI=1S/C4H5N.C4H6O/c1-2-4-5-3-1;1-2-3-4-5/h1-5H;2-4H,1H3/b;3-2+. The summed E-state index contributed by atoms with van der Waals surface area (Å²) in [6.07, 6.45) is 7.63. The zero-order valence-corrected chi connectivity index (χ0v) is 5.95. The van der Waals surface area contributed by atoms with Crippen LogP contribution in [-0.4, -0.2) is 11.3 Å². The highest BCUT2D eigenvalue weighted by atomic mass is 16.1. The molecule has 2 heteroatoms. The smallest absolute Gasteiger partial charge is 0.142 e. The summed E-state index contributed by atoms with van der Waals surface area (Å²) in [5.74, 6) is 0. The highest BCUT2D eigenvalue weighted by Crippen LogP contribution is 1.72. The van der Waals surface area contributed by atoms with Gasteiger partial charge in [-0.1, -0.05) is 6.08 Å². The summed E-state index contributed by atoms with van der Waals surface area (Å²) in [5.41, 5.74) is 0. The molecule has 0 aliphatic rings. The molecule has 0 saturated heterocycles. The van der Waals surface area contributed by atoms with E-state index in [-0.39, 0.29) is 0 Å². The fraction of sp³-hybridized carbons (Fsp3) is 0.125. The summed E-state index contributed by atoms with van der Waals surface area (Å²) in [7, 11) is 0. The minimum Gasteiger partial charge on any atom is -0.368 e. The summed E-state index contributed by atoms with van der Waals surface area (Å²) in [6.45, 7) is 1.80. The third-order valence-corrected chi connectivity index (χ3v) is 0.767. The maximum Gasteiger partial charge on any atom is 0.142 e. The highest BCUT2D eigenvalue weighted by molar-refractivity contribution is 5.64. The van der Waals surface area contributed by atoms with E-state index in [2.05, 4.69) is 4.98 Å². The van der Waals surface area contributed by atoms with E-state index in [0.717, 1.165) is 6.29 Å². The normalized spacial score (nSPS) is 8.50. The van der Waals surface area contributed by atoms with E-state index < -0.39 is 0 Å². The number of carbonyl (C=O) groups is 1. The number of rotatable bonds is 1. The Hall–Kier alpha value is -1.31. The molecule has 0 saturated carbocycles. The van der Waals surface area contributed by atoms with Crippen molar-refractivity contribution in [3.63, 3.8) is 0 Å². The van der Waals surface area contributed by atoms with Crippen molar-refractivity contribution in [3.8, 4) is 0 Å². The van der Waals surface area contributed by atoms with Gasteiger partial charge in [0, 0.05) is 12.4 Å². The maximum absolute atomic E-state index is 9.32. The molecule has 1 aromatic rings. The zero-order valence-electron chi connectivity index (χ0n) is 5.95. The topological polar surface area (TPSA) is 32.9 Å². The van der Waals surface area contributed by atoms with Gasteiger partial charge in [0.15, 0.2) is 0 Å². The lowest BCUT2D eigenvalue weighted by Crippen LogP contribution is -1.50. The first-order valence-electron chi connectivity index (χ1n) is 3.06. The predicted molar refractivity (Wildman–Crippen MR) is 41.7 cm³/mol. The van der Waals surface area contributed by atoms with Crippen LogP contribution < -0.4 is 0 Å². The van der Waals surface area contributed by atoms with Crippen LogP contribution in [0.15, 0.2) is 36.7 Å². The van der Waals surface area contributed by atoms with Gasteiger partial charge in [-0.25, -0.2) is 0 Å². The Morgan fingerprint density at radius 1 is 1.30 bits per heavy atom. The van der Waals surface area contributed by atoms with E-state index in [4.69, 9.17) is 0 Å². The number of H-pyrrole nitrogens is 1. The third-order valence-electron chi connectivity index (χ3n) is 0.767. The van der Waals surface area contributed by atoms with Crippen LogP contribution in [0.3, 0.4) is 0 Å². The Morgan fingerprint density at radius 3 is 2.00 bits per heavy atom. The number of aromatic nitrogens is 1. The second kappa shape index (κ2) is 7.69. The van der Waals surface area contributed by atoms with Crippen LogP contribution >= 0.6 is 0 Å². The van der Waals surface area contributed by atoms with E-state index >= 15 is 0 Å². The molecule has 0 aromatic carbocycles. The number of hydrogen-bond acceptors (Lipinski definition) is 1. The largest absolute Gasteiger partial charge is 0.368 e. The van der Waals surface area contributed by atoms with Gasteiger partial charge >= 0.3 is 0 Å². The van der Waals surface area contributed by atoms with E-state index in [1.165, 1.54) is 6.08 Å². The van der Waals surface area contributed by atoms with Crippen molar-refractivity contribution in [1.29, 1.82) is 0 Å². The first-order valence-corrected chi connectivity index (χ1v) is 3.06. The number of aromatic amines is 1. The summed E-state index contributed by atoms with van der Waals surface area (Å²) in [6, 6.07) is 3.89. The molecule has 1 rings (SSSR count). The maximum atomic E-state index is 9.32. The van der Waals surface area contributed by atoms with Gasteiger partial charge in [0.25, 0.3) is 0 Å². The van der Waals surface area contributed by atoms with Crippen LogP contribution in [0.5, 0.6) is 0 Å². The average molecular weight is 137 g/mol. The number of hydrogen-bond donors (Lipinski definition) is 1. The van der Waals surface area contributed by atoms with E-state index in [9.17, 15) is 4.79 Å². The molecule has 54 valence electrons. The van der Waals surface area contributed by atoms with Crippen molar-refractivity contribution in [1.82, 2.24) is 4.98 Å². The summed E-state index contributed by atoms with van der Waals surface area (Å²) < 4.78 is 0. The number of nitrogens with one attached hydrogen (secondary N) is 1. The van der Waals surface area contributed by atoms with Gasteiger partial charge in [0.05, 0.1) is 0 Å². The molecule has 0 aliphatic carbocycles. The lowest BCUT2D eigenvalue weighted by Gasteiger charge is -1.51. The molecule has 0 fully saturated rings. The molecule has 0 unspecified atom stereocenters. The number of allylic oxidation sites excluding steroid dienone is 2. The quantitative estimate of drug-likeness (QED) is 0.464. The van der Waals surface area contributed by atoms with Crippen LogP contribution in [0.25, 0.3) is 0 Å². The predicted octanol–water partition coefficient (Wildman–Crippen LogP) is 1.78. The van der Waals surface area contributed by atoms with Crippen LogP contribution in [0.2, 0.25) is 0 Å². The number of aldehydes is 1. The Kier molecular flexibility index (Phi) is 6.68. The summed E-state index contributed by atoms with van der Waals surface area (Å²) in [4.78, 5) is 12.2. The van der Waals surface area contributed by atoms with Crippen molar-refractivity contribution in [2.24, 2.45) is 0 Å². The van der Waals surface area contributed by atoms with Crippen LogP contribution in [0, 0.1) is 0 Å². The summed E-state index contributed by atoms with van der Waals surface area (Å²) in [5, 5.41) is 0. The van der Waals surface area contributed by atoms with Crippen LogP contribution in [-0.2, 0) is 4.79 Å². The van der Waals surface area contributed by atoms with Gasteiger partial charge in [-0.05, 0) is 25.1 Å². The van der Waals surface area contributed by atoms with Gasteiger partial charge in [-0.3, -0.25) is 4.79 Å². The molecule has 0 atom stereocenters. The molecule has 0 bridgehead atoms. The first kappa shape index (κ1) is 8.69. The molecule has 1 aromatic heterocycles. The molecular weight excluding hydrogens is 126 g/mol. The van der Waals surface area contributed by atoms with Crippen molar-refractivity contribution in [2.45, 2.75) is 6.92 Å². The first-order chi connectivity index (χ1) is 4.91. The Bertz CT molecular complexity index is 148.